The smallest absolute Gasteiger partial charge is 0.420 e. The highest BCUT2D eigenvalue weighted by atomic mass is 28.3. The van der Waals surface area contributed by atoms with Gasteiger partial charge in [0.1, 0.15) is 13.7 Å². The molecule has 0 radical (unpaired) electrons. The molecule has 0 amide bonds. The lowest BCUT2D eigenvalue weighted by Crippen LogP contribution is -2.26. The molecule has 0 aromatic carbocycles. The summed E-state index contributed by atoms with van der Waals surface area (Å²) in [6.07, 6.45) is 3.05. The minimum absolute atomic E-state index is 0.431. The zero-order chi connectivity index (χ0) is 17.4. The molecule has 0 spiro atoms. The van der Waals surface area contributed by atoms with Crippen LogP contribution in [-0.4, -0.2) is 29.3 Å². The lowest BCUT2D eigenvalue weighted by atomic mass is 10.2. The highest BCUT2D eigenvalue weighted by Crippen LogP contribution is 2.22. The Morgan fingerprint density at radius 2 is 1.96 bits per heavy atom. The van der Waals surface area contributed by atoms with E-state index in [-0.39, 0.29) is 0 Å². The van der Waals surface area contributed by atoms with Crippen LogP contribution in [0.5, 0.6) is 0 Å². The first-order valence-corrected chi connectivity index (χ1v) is 11.2. The maximum Gasteiger partial charge on any atom is 0.420 e. The summed E-state index contributed by atoms with van der Waals surface area (Å²) in [7, 11) is -1.50. The first-order valence-electron chi connectivity index (χ1n) is 7.70. The van der Waals surface area contributed by atoms with Gasteiger partial charge >= 0.3 is 6.09 Å². The molecule has 0 saturated carbocycles. The zero-order valence-electron chi connectivity index (χ0n) is 14.9. The molecule has 5 heteroatoms. The average molecular weight is 328 g/mol. The van der Waals surface area contributed by atoms with E-state index in [2.05, 4.69) is 36.1 Å². The van der Waals surface area contributed by atoms with E-state index < -0.39 is 19.8 Å². The minimum atomic E-state index is -1.50. The number of hydrogen-bond donors (Lipinski definition) is 0. The maximum atomic E-state index is 12.4. The van der Waals surface area contributed by atoms with Gasteiger partial charge in [0, 0.05) is 17.8 Å². The van der Waals surface area contributed by atoms with Crippen molar-refractivity contribution in [1.29, 1.82) is 0 Å². The predicted octanol–water partition coefficient (Wildman–Crippen LogP) is 4.36. The van der Waals surface area contributed by atoms with E-state index in [0.29, 0.717) is 5.65 Å². The summed E-state index contributed by atoms with van der Waals surface area (Å²) in [6.45, 7) is 14.1. The Kier molecular flexibility index (Phi) is 4.40. The van der Waals surface area contributed by atoms with Crippen molar-refractivity contribution in [2.24, 2.45) is 0 Å². The summed E-state index contributed by atoms with van der Waals surface area (Å²) >= 11 is 0. The fourth-order valence-corrected chi connectivity index (χ4v) is 2.53. The molecule has 4 nitrogen and oxygen atoms in total. The van der Waals surface area contributed by atoms with Gasteiger partial charge in [-0.2, -0.15) is 0 Å². The van der Waals surface area contributed by atoms with Crippen molar-refractivity contribution < 1.29 is 9.53 Å². The van der Waals surface area contributed by atoms with Crippen LogP contribution in [0.1, 0.15) is 31.9 Å². The standard InChI is InChI=1S/C18H24N2O2Si/c1-13-10-15-14(8-9-23(5,6)7)12-20(16(15)19-11-13)17(21)22-18(2,3)4/h10-12H,1-7H3. The summed E-state index contributed by atoms with van der Waals surface area (Å²) in [5.41, 5.74) is 5.24. The van der Waals surface area contributed by atoms with Gasteiger partial charge in [0.25, 0.3) is 0 Å². The van der Waals surface area contributed by atoms with Crippen molar-refractivity contribution in [2.45, 2.75) is 52.9 Å². The van der Waals surface area contributed by atoms with Crippen LogP contribution in [0.3, 0.4) is 0 Å². The van der Waals surface area contributed by atoms with E-state index in [1.807, 2.05) is 33.8 Å². The highest BCUT2D eigenvalue weighted by molar-refractivity contribution is 6.83. The molecule has 2 heterocycles. The molecule has 0 N–H and O–H groups in total. The molecule has 2 aromatic heterocycles. The van der Waals surface area contributed by atoms with Crippen LogP contribution >= 0.6 is 0 Å². The second kappa shape index (κ2) is 5.86. The van der Waals surface area contributed by atoms with Crippen LogP contribution in [0.25, 0.3) is 11.0 Å². The second-order valence-electron chi connectivity index (χ2n) is 7.78. The van der Waals surface area contributed by atoms with Gasteiger partial charge in [-0.15, -0.1) is 5.54 Å². The number of fused-ring (bicyclic) bond motifs is 1. The number of aromatic nitrogens is 2. The summed E-state index contributed by atoms with van der Waals surface area (Å²) < 4.78 is 6.92. The fraction of sp³-hybridized carbons (Fsp3) is 0.444. The zero-order valence-corrected chi connectivity index (χ0v) is 15.9. The van der Waals surface area contributed by atoms with Crippen molar-refractivity contribution >= 4 is 25.2 Å². The van der Waals surface area contributed by atoms with Gasteiger partial charge in [0.15, 0.2) is 5.65 Å². The Bertz CT molecular complexity index is 812. The summed E-state index contributed by atoms with van der Waals surface area (Å²) in [4.78, 5) is 16.8. The monoisotopic (exact) mass is 328 g/mol. The van der Waals surface area contributed by atoms with Crippen molar-refractivity contribution in [3.8, 4) is 11.5 Å². The topological polar surface area (TPSA) is 44.1 Å². The van der Waals surface area contributed by atoms with Crippen molar-refractivity contribution in [1.82, 2.24) is 9.55 Å². The van der Waals surface area contributed by atoms with Gasteiger partial charge in [-0.3, -0.25) is 0 Å². The Balaban J connectivity index is 2.59. The van der Waals surface area contributed by atoms with Crippen LogP contribution in [0.2, 0.25) is 19.6 Å². The maximum absolute atomic E-state index is 12.4. The molecule has 0 saturated heterocycles. The number of nitrogens with zero attached hydrogens (tertiary/aromatic N) is 2. The van der Waals surface area contributed by atoms with Crippen LogP contribution in [0.4, 0.5) is 4.79 Å². The molecule has 0 fully saturated rings. The van der Waals surface area contributed by atoms with E-state index in [1.165, 1.54) is 4.57 Å². The molecule has 2 rings (SSSR count). The van der Waals surface area contributed by atoms with Gasteiger partial charge in [-0.1, -0.05) is 25.6 Å². The van der Waals surface area contributed by atoms with E-state index in [0.717, 1.165) is 16.5 Å². The van der Waals surface area contributed by atoms with Gasteiger partial charge < -0.3 is 4.74 Å². The number of pyridine rings is 1. The van der Waals surface area contributed by atoms with Crippen molar-refractivity contribution in [3.63, 3.8) is 0 Å². The lowest BCUT2D eigenvalue weighted by Gasteiger charge is -2.19. The van der Waals surface area contributed by atoms with E-state index >= 15 is 0 Å². The number of aryl methyl sites for hydroxylation is 1. The Hall–Kier alpha value is -2.06. The van der Waals surface area contributed by atoms with Crippen LogP contribution in [0.15, 0.2) is 18.5 Å². The molecule has 0 aliphatic carbocycles. The number of hydrogen-bond acceptors (Lipinski definition) is 3. The van der Waals surface area contributed by atoms with Crippen molar-refractivity contribution in [3.05, 3.63) is 29.6 Å². The van der Waals surface area contributed by atoms with E-state index in [9.17, 15) is 4.79 Å². The molecule has 23 heavy (non-hydrogen) atoms. The number of ether oxygens (including phenoxy) is 1. The van der Waals surface area contributed by atoms with Gasteiger partial charge in [-0.25, -0.2) is 14.3 Å². The van der Waals surface area contributed by atoms with Crippen molar-refractivity contribution in [2.75, 3.05) is 0 Å². The highest BCUT2D eigenvalue weighted by Gasteiger charge is 2.21. The molecule has 2 aromatic rings. The molecule has 0 bridgehead atoms. The second-order valence-corrected chi connectivity index (χ2v) is 12.5. The number of carbonyl (C=O) groups excluding carboxylic acids is 1. The molecule has 0 aliphatic rings. The molecule has 122 valence electrons. The predicted molar refractivity (Wildman–Crippen MR) is 96.3 cm³/mol. The molecular formula is C18H24N2O2Si. The van der Waals surface area contributed by atoms with Gasteiger partial charge in [-0.05, 0) is 39.3 Å². The lowest BCUT2D eigenvalue weighted by molar-refractivity contribution is 0.0543. The Morgan fingerprint density at radius 1 is 1.30 bits per heavy atom. The first kappa shape index (κ1) is 17.3. The Morgan fingerprint density at radius 3 is 2.52 bits per heavy atom. The van der Waals surface area contributed by atoms with Crippen LogP contribution in [-0.2, 0) is 4.74 Å². The molecule has 0 aliphatic heterocycles. The molecular weight excluding hydrogens is 304 g/mol. The van der Waals surface area contributed by atoms with Gasteiger partial charge in [0.05, 0.1) is 5.56 Å². The Labute approximate surface area is 138 Å². The van der Waals surface area contributed by atoms with Crippen LogP contribution in [0, 0.1) is 18.4 Å². The quantitative estimate of drug-likeness (QED) is 0.533. The third-order valence-electron chi connectivity index (χ3n) is 2.94. The molecule has 0 atom stereocenters. The SMILES string of the molecule is Cc1cnc2c(c1)c(C#C[Si](C)(C)C)cn2C(=O)OC(C)(C)C. The number of rotatable bonds is 0. The largest absolute Gasteiger partial charge is 0.443 e. The van der Waals surface area contributed by atoms with E-state index in [1.54, 1.807) is 12.4 Å². The third-order valence-corrected chi connectivity index (χ3v) is 3.82. The average Bonchev–Trinajstić information content (AvgIpc) is 2.71. The summed E-state index contributed by atoms with van der Waals surface area (Å²) in [5.74, 6) is 3.24. The normalized spacial score (nSPS) is 12.0. The molecule has 0 unspecified atom stereocenters. The van der Waals surface area contributed by atoms with Crippen LogP contribution < -0.4 is 0 Å². The third kappa shape index (κ3) is 4.46. The summed E-state index contributed by atoms with van der Waals surface area (Å²) in [5, 5.41) is 0.890. The van der Waals surface area contributed by atoms with E-state index in [4.69, 9.17) is 4.74 Å². The van der Waals surface area contributed by atoms with Gasteiger partial charge in [0.2, 0.25) is 0 Å². The summed E-state index contributed by atoms with van der Waals surface area (Å²) in [6, 6.07) is 2.01. The number of carbonyl (C=O) groups is 1. The fourth-order valence-electron chi connectivity index (χ4n) is 2.02. The first-order chi connectivity index (χ1) is 10.5. The minimum Gasteiger partial charge on any atom is -0.443 e.